The molecule has 0 radical (unpaired) electrons. The Morgan fingerprint density at radius 3 is 2.50 bits per heavy atom. The summed E-state index contributed by atoms with van der Waals surface area (Å²) in [6.45, 7) is 3.98. The van der Waals surface area contributed by atoms with Crippen molar-refractivity contribution in [3.05, 3.63) is 60.2 Å². The number of aryl methyl sites for hydroxylation is 1. The van der Waals surface area contributed by atoms with Gasteiger partial charge in [-0.2, -0.15) is 0 Å². The molecule has 0 aliphatic carbocycles. The molecule has 0 fully saturated rings. The number of aromatic nitrogens is 1. The molecule has 1 amide bonds. The number of nitrogens with one attached hydrogen (secondary N) is 1. The third-order valence-electron chi connectivity index (χ3n) is 4.22. The molecule has 0 bridgehead atoms. The van der Waals surface area contributed by atoms with Crippen molar-refractivity contribution in [3.63, 3.8) is 0 Å². The first-order valence-corrected chi connectivity index (χ1v) is 9.43. The number of para-hydroxylation sites is 1. The number of nitrogens with zero attached hydrogens (tertiary/aromatic N) is 2. The summed E-state index contributed by atoms with van der Waals surface area (Å²) in [6, 6.07) is 17.9. The lowest BCUT2D eigenvalue weighted by atomic mass is 10.1. The second kappa shape index (κ2) is 7.79. The molecule has 1 aromatic heterocycles. The molecule has 1 heterocycles. The van der Waals surface area contributed by atoms with Gasteiger partial charge >= 0.3 is 0 Å². The van der Waals surface area contributed by atoms with E-state index < -0.39 is 0 Å². The number of benzene rings is 2. The second-order valence-corrected chi connectivity index (χ2v) is 7.85. The van der Waals surface area contributed by atoms with Crippen molar-refractivity contribution in [1.82, 2.24) is 4.98 Å². The van der Waals surface area contributed by atoms with Crippen LogP contribution in [0.2, 0.25) is 0 Å². The number of fused-ring (bicyclic) bond motifs is 1. The Bertz CT molecular complexity index is 922. The SMILES string of the molecule is Cc1cc(SC(C)C(=O)Nc2ccc(N(C)C)cc2)nc2ccccc12. The highest BCUT2D eigenvalue weighted by atomic mass is 32.2. The van der Waals surface area contributed by atoms with Gasteiger partial charge in [0, 0.05) is 30.9 Å². The van der Waals surface area contributed by atoms with Crippen LogP contribution in [0.25, 0.3) is 10.9 Å². The smallest absolute Gasteiger partial charge is 0.237 e. The molecule has 1 unspecified atom stereocenters. The number of hydrogen-bond donors (Lipinski definition) is 1. The predicted molar refractivity (Wildman–Crippen MR) is 111 cm³/mol. The standard InChI is InChI=1S/C21H23N3OS/c1-14-13-20(23-19-8-6-5-7-18(14)19)26-15(2)21(25)22-16-9-11-17(12-10-16)24(3)4/h5-13,15H,1-4H3,(H,22,25). The van der Waals surface area contributed by atoms with E-state index in [9.17, 15) is 4.79 Å². The van der Waals surface area contributed by atoms with Gasteiger partial charge in [0.15, 0.2) is 0 Å². The van der Waals surface area contributed by atoms with E-state index in [4.69, 9.17) is 0 Å². The molecule has 4 nitrogen and oxygen atoms in total. The summed E-state index contributed by atoms with van der Waals surface area (Å²) in [6.07, 6.45) is 0. The lowest BCUT2D eigenvalue weighted by Crippen LogP contribution is -2.22. The van der Waals surface area contributed by atoms with Crippen molar-refractivity contribution in [1.29, 1.82) is 0 Å². The van der Waals surface area contributed by atoms with Gasteiger partial charge in [-0.1, -0.05) is 30.0 Å². The Hall–Kier alpha value is -2.53. The van der Waals surface area contributed by atoms with Crippen LogP contribution in [-0.4, -0.2) is 30.2 Å². The zero-order valence-electron chi connectivity index (χ0n) is 15.5. The zero-order chi connectivity index (χ0) is 18.7. The fraction of sp³-hybridized carbons (Fsp3) is 0.238. The van der Waals surface area contributed by atoms with Gasteiger partial charge in [0.05, 0.1) is 15.8 Å². The van der Waals surface area contributed by atoms with Gasteiger partial charge < -0.3 is 10.2 Å². The molecule has 134 valence electrons. The molecule has 0 aliphatic heterocycles. The number of carbonyl (C=O) groups excluding carboxylic acids is 1. The molecule has 26 heavy (non-hydrogen) atoms. The van der Waals surface area contributed by atoms with Crippen molar-refractivity contribution >= 4 is 39.9 Å². The minimum atomic E-state index is -0.239. The maximum absolute atomic E-state index is 12.5. The maximum atomic E-state index is 12.5. The van der Waals surface area contributed by atoms with E-state index in [2.05, 4.69) is 23.3 Å². The molecule has 0 saturated heterocycles. The predicted octanol–water partition coefficient (Wildman–Crippen LogP) is 4.73. The summed E-state index contributed by atoms with van der Waals surface area (Å²) in [5.74, 6) is -0.0276. The topological polar surface area (TPSA) is 45.2 Å². The zero-order valence-corrected chi connectivity index (χ0v) is 16.3. The minimum Gasteiger partial charge on any atom is -0.378 e. The van der Waals surface area contributed by atoms with Gasteiger partial charge in [0.2, 0.25) is 5.91 Å². The van der Waals surface area contributed by atoms with Crippen molar-refractivity contribution in [3.8, 4) is 0 Å². The summed E-state index contributed by atoms with van der Waals surface area (Å²) < 4.78 is 0. The fourth-order valence-corrected chi connectivity index (χ4v) is 3.62. The van der Waals surface area contributed by atoms with Crippen LogP contribution >= 0.6 is 11.8 Å². The number of amides is 1. The minimum absolute atomic E-state index is 0.0276. The number of hydrogen-bond acceptors (Lipinski definition) is 4. The Morgan fingerprint density at radius 2 is 1.81 bits per heavy atom. The molecule has 0 aliphatic rings. The van der Waals surface area contributed by atoms with Crippen molar-refractivity contribution in [2.75, 3.05) is 24.3 Å². The van der Waals surface area contributed by atoms with Crippen molar-refractivity contribution in [2.24, 2.45) is 0 Å². The number of anilines is 2. The normalized spacial score (nSPS) is 12.0. The number of thioether (sulfide) groups is 1. The van der Waals surface area contributed by atoms with Crippen LogP contribution in [-0.2, 0) is 4.79 Å². The third kappa shape index (κ3) is 4.17. The summed E-state index contributed by atoms with van der Waals surface area (Å²) in [7, 11) is 3.98. The van der Waals surface area contributed by atoms with Crippen LogP contribution < -0.4 is 10.2 Å². The first-order chi connectivity index (χ1) is 12.4. The second-order valence-electron chi connectivity index (χ2n) is 6.49. The Labute approximate surface area is 158 Å². The van der Waals surface area contributed by atoms with Crippen LogP contribution in [0, 0.1) is 6.92 Å². The number of rotatable bonds is 5. The molecular weight excluding hydrogens is 342 g/mol. The highest BCUT2D eigenvalue weighted by molar-refractivity contribution is 8.00. The summed E-state index contributed by atoms with van der Waals surface area (Å²) in [4.78, 5) is 19.2. The van der Waals surface area contributed by atoms with Crippen LogP contribution in [0.5, 0.6) is 0 Å². The van der Waals surface area contributed by atoms with Gasteiger partial charge in [0.25, 0.3) is 0 Å². The molecule has 0 saturated carbocycles. The average molecular weight is 366 g/mol. The number of carbonyl (C=O) groups is 1. The average Bonchev–Trinajstić information content (AvgIpc) is 2.62. The Morgan fingerprint density at radius 1 is 1.12 bits per heavy atom. The highest BCUT2D eigenvalue weighted by Crippen LogP contribution is 2.27. The number of pyridine rings is 1. The van der Waals surface area contributed by atoms with E-state index in [0.717, 1.165) is 27.3 Å². The molecule has 0 spiro atoms. The van der Waals surface area contributed by atoms with Crippen LogP contribution in [0.1, 0.15) is 12.5 Å². The first kappa shape index (κ1) is 18.3. The highest BCUT2D eigenvalue weighted by Gasteiger charge is 2.16. The van der Waals surface area contributed by atoms with E-state index in [1.54, 1.807) is 0 Å². The van der Waals surface area contributed by atoms with E-state index in [1.807, 2.05) is 74.4 Å². The summed E-state index contributed by atoms with van der Waals surface area (Å²) in [5, 5.41) is 4.75. The first-order valence-electron chi connectivity index (χ1n) is 8.55. The van der Waals surface area contributed by atoms with Gasteiger partial charge in [-0.15, -0.1) is 0 Å². The van der Waals surface area contributed by atoms with Gasteiger partial charge in [-0.25, -0.2) is 4.98 Å². The molecule has 1 N–H and O–H groups in total. The van der Waals surface area contributed by atoms with E-state index in [0.29, 0.717) is 0 Å². The molecule has 2 aromatic carbocycles. The Balaban J connectivity index is 1.69. The quantitative estimate of drug-likeness (QED) is 0.664. The molecule has 3 rings (SSSR count). The summed E-state index contributed by atoms with van der Waals surface area (Å²) in [5.41, 5.74) is 4.03. The molecular formula is C21H23N3OS. The largest absolute Gasteiger partial charge is 0.378 e. The van der Waals surface area contributed by atoms with Crippen molar-refractivity contribution < 1.29 is 4.79 Å². The van der Waals surface area contributed by atoms with Crippen molar-refractivity contribution in [2.45, 2.75) is 24.1 Å². The lowest BCUT2D eigenvalue weighted by Gasteiger charge is -2.15. The van der Waals surface area contributed by atoms with Gasteiger partial charge in [-0.3, -0.25) is 4.79 Å². The van der Waals surface area contributed by atoms with E-state index in [-0.39, 0.29) is 11.2 Å². The van der Waals surface area contributed by atoms with Crippen LogP contribution in [0.4, 0.5) is 11.4 Å². The van der Waals surface area contributed by atoms with Crippen LogP contribution in [0.3, 0.4) is 0 Å². The monoisotopic (exact) mass is 365 g/mol. The third-order valence-corrected chi connectivity index (χ3v) is 5.24. The molecule has 3 aromatic rings. The Kier molecular flexibility index (Phi) is 5.47. The molecule has 1 atom stereocenters. The summed E-state index contributed by atoms with van der Waals surface area (Å²) >= 11 is 1.48. The maximum Gasteiger partial charge on any atom is 0.237 e. The van der Waals surface area contributed by atoms with E-state index >= 15 is 0 Å². The van der Waals surface area contributed by atoms with Gasteiger partial charge in [0.1, 0.15) is 0 Å². The molecule has 5 heteroatoms. The van der Waals surface area contributed by atoms with E-state index in [1.165, 1.54) is 17.3 Å². The van der Waals surface area contributed by atoms with Gasteiger partial charge in [-0.05, 0) is 55.8 Å². The fourth-order valence-electron chi connectivity index (χ4n) is 2.70. The lowest BCUT2D eigenvalue weighted by molar-refractivity contribution is -0.115. The van der Waals surface area contributed by atoms with Crippen LogP contribution in [0.15, 0.2) is 59.6 Å².